The fraction of sp³-hybridized carbons (Fsp3) is 0.211. The number of nitrogens with one attached hydrogen (secondary N) is 2. The standard InChI is InChI=1S/C19H15ClF3N3O6/c1-10(24-17(28)11-3-2-4-13(7-11)26(30)31)18(29)32-9-16(27)25-15-6-5-12(20)8-14(15)19(21,22)23/h2-8,10H,9H2,1H3,(H,24,28)(H,25,27)/t10-/m0/s1. The van der Waals surface area contributed by atoms with Gasteiger partial charge in [0.25, 0.3) is 17.5 Å². The Labute approximate surface area is 183 Å². The van der Waals surface area contributed by atoms with Crippen LogP contribution in [-0.4, -0.2) is 35.4 Å². The van der Waals surface area contributed by atoms with Crippen molar-refractivity contribution in [3.63, 3.8) is 0 Å². The van der Waals surface area contributed by atoms with Gasteiger partial charge in [-0.3, -0.25) is 19.7 Å². The molecule has 2 aromatic rings. The summed E-state index contributed by atoms with van der Waals surface area (Å²) in [4.78, 5) is 46.1. The summed E-state index contributed by atoms with van der Waals surface area (Å²) >= 11 is 5.56. The molecule has 0 heterocycles. The zero-order chi connectivity index (χ0) is 24.1. The summed E-state index contributed by atoms with van der Waals surface area (Å²) in [6.07, 6.45) is -4.78. The van der Waals surface area contributed by atoms with Crippen molar-refractivity contribution >= 4 is 40.8 Å². The number of carbonyl (C=O) groups is 3. The van der Waals surface area contributed by atoms with Crippen molar-refractivity contribution in [2.75, 3.05) is 11.9 Å². The Bertz CT molecular complexity index is 1060. The van der Waals surface area contributed by atoms with Crippen molar-refractivity contribution in [3.05, 3.63) is 68.7 Å². The second-order valence-corrected chi connectivity index (χ2v) is 6.78. The molecule has 0 aliphatic rings. The molecule has 2 aromatic carbocycles. The summed E-state index contributed by atoms with van der Waals surface area (Å²) in [5.74, 6) is -2.91. The number of anilines is 1. The third-order valence-electron chi connectivity index (χ3n) is 3.93. The molecule has 2 N–H and O–H groups in total. The van der Waals surface area contributed by atoms with Gasteiger partial charge in [-0.25, -0.2) is 4.79 Å². The predicted octanol–water partition coefficient (Wildman–Crippen LogP) is 3.57. The Morgan fingerprint density at radius 1 is 1.19 bits per heavy atom. The van der Waals surface area contributed by atoms with Crippen molar-refractivity contribution < 1.29 is 37.2 Å². The lowest BCUT2D eigenvalue weighted by atomic mass is 10.1. The number of ether oxygens (including phenoxy) is 1. The van der Waals surface area contributed by atoms with Crippen molar-refractivity contribution in [2.45, 2.75) is 19.1 Å². The van der Waals surface area contributed by atoms with Gasteiger partial charge in [-0.15, -0.1) is 0 Å². The lowest BCUT2D eigenvalue weighted by Crippen LogP contribution is -2.40. The number of carbonyl (C=O) groups excluding carboxylic acids is 3. The minimum atomic E-state index is -4.78. The second kappa shape index (κ2) is 10.1. The summed E-state index contributed by atoms with van der Waals surface area (Å²) < 4.78 is 43.9. The van der Waals surface area contributed by atoms with Crippen molar-refractivity contribution in [2.24, 2.45) is 0 Å². The monoisotopic (exact) mass is 473 g/mol. The van der Waals surface area contributed by atoms with Gasteiger partial charge in [0.15, 0.2) is 6.61 Å². The van der Waals surface area contributed by atoms with Gasteiger partial charge in [-0.2, -0.15) is 13.2 Å². The molecule has 0 radical (unpaired) electrons. The Morgan fingerprint density at radius 3 is 2.50 bits per heavy atom. The first-order valence-electron chi connectivity index (χ1n) is 8.77. The topological polar surface area (TPSA) is 128 Å². The van der Waals surface area contributed by atoms with Crippen LogP contribution in [0.2, 0.25) is 5.02 Å². The Kier molecular flexibility index (Phi) is 7.76. The average molecular weight is 474 g/mol. The number of hydrogen-bond donors (Lipinski definition) is 2. The molecule has 0 aromatic heterocycles. The van der Waals surface area contributed by atoms with Crippen molar-refractivity contribution in [1.82, 2.24) is 5.32 Å². The fourth-order valence-corrected chi connectivity index (χ4v) is 2.58. The number of esters is 1. The molecule has 9 nitrogen and oxygen atoms in total. The Morgan fingerprint density at radius 2 is 1.88 bits per heavy atom. The van der Waals surface area contributed by atoms with E-state index < -0.39 is 52.8 Å². The van der Waals surface area contributed by atoms with E-state index in [0.29, 0.717) is 6.07 Å². The molecule has 0 saturated carbocycles. The van der Waals surface area contributed by atoms with Crippen LogP contribution in [0.4, 0.5) is 24.5 Å². The summed E-state index contributed by atoms with van der Waals surface area (Å²) in [6, 6.07) is 6.23. The molecule has 2 amide bonds. The molecular formula is C19H15ClF3N3O6. The van der Waals surface area contributed by atoms with Gasteiger partial charge in [0.2, 0.25) is 0 Å². The third-order valence-corrected chi connectivity index (χ3v) is 4.16. The van der Waals surface area contributed by atoms with E-state index in [1.54, 1.807) is 0 Å². The van der Waals surface area contributed by atoms with Crippen LogP contribution >= 0.6 is 11.6 Å². The first-order valence-corrected chi connectivity index (χ1v) is 9.15. The number of non-ortho nitro benzene ring substituents is 1. The number of alkyl halides is 3. The minimum absolute atomic E-state index is 0.0842. The number of hydrogen-bond acceptors (Lipinski definition) is 6. The van der Waals surface area contributed by atoms with Gasteiger partial charge >= 0.3 is 12.1 Å². The average Bonchev–Trinajstić information content (AvgIpc) is 2.72. The number of benzene rings is 2. The first-order chi connectivity index (χ1) is 14.9. The van der Waals surface area contributed by atoms with E-state index in [2.05, 4.69) is 5.32 Å². The van der Waals surface area contributed by atoms with E-state index in [-0.39, 0.29) is 16.3 Å². The SMILES string of the molecule is C[C@H](NC(=O)c1cccc([N+](=O)[O-])c1)C(=O)OCC(=O)Nc1ccc(Cl)cc1C(F)(F)F. The highest BCUT2D eigenvalue weighted by Crippen LogP contribution is 2.36. The number of nitrogens with zero attached hydrogens (tertiary/aromatic N) is 1. The van der Waals surface area contributed by atoms with Crippen LogP contribution in [-0.2, 0) is 20.5 Å². The molecule has 2 rings (SSSR count). The normalized spacial score (nSPS) is 11.9. The molecule has 170 valence electrons. The maximum Gasteiger partial charge on any atom is 0.418 e. The predicted molar refractivity (Wildman–Crippen MR) is 106 cm³/mol. The van der Waals surface area contributed by atoms with Crippen molar-refractivity contribution in [1.29, 1.82) is 0 Å². The lowest BCUT2D eigenvalue weighted by Gasteiger charge is -2.15. The van der Waals surface area contributed by atoms with Crippen molar-refractivity contribution in [3.8, 4) is 0 Å². The molecule has 0 bridgehead atoms. The summed E-state index contributed by atoms with van der Waals surface area (Å²) in [7, 11) is 0. The van der Waals surface area contributed by atoms with E-state index in [0.717, 1.165) is 18.2 Å². The van der Waals surface area contributed by atoms with Crippen LogP contribution in [0.5, 0.6) is 0 Å². The molecule has 0 spiro atoms. The minimum Gasteiger partial charge on any atom is -0.454 e. The number of halogens is 4. The summed E-state index contributed by atoms with van der Waals surface area (Å²) in [5.41, 5.74) is -2.17. The molecule has 32 heavy (non-hydrogen) atoms. The number of nitro benzene ring substituents is 1. The van der Waals surface area contributed by atoms with Gasteiger partial charge in [0.05, 0.1) is 16.2 Å². The smallest absolute Gasteiger partial charge is 0.418 e. The maximum absolute atomic E-state index is 13.1. The van der Waals surface area contributed by atoms with E-state index >= 15 is 0 Å². The second-order valence-electron chi connectivity index (χ2n) is 6.35. The van der Waals surface area contributed by atoms with E-state index in [1.165, 1.54) is 25.1 Å². The number of rotatable bonds is 7. The van der Waals surface area contributed by atoms with Crippen LogP contribution in [0, 0.1) is 10.1 Å². The molecule has 1 atom stereocenters. The maximum atomic E-state index is 13.1. The molecule has 0 aliphatic heterocycles. The quantitative estimate of drug-likeness (QED) is 0.359. The number of nitro groups is 1. The highest BCUT2D eigenvalue weighted by molar-refractivity contribution is 6.30. The molecule has 0 saturated heterocycles. The van der Waals surface area contributed by atoms with Gasteiger partial charge in [0, 0.05) is 22.7 Å². The van der Waals surface area contributed by atoms with Gasteiger partial charge in [-0.1, -0.05) is 17.7 Å². The summed E-state index contributed by atoms with van der Waals surface area (Å²) in [6.45, 7) is 0.312. The zero-order valence-corrected chi connectivity index (χ0v) is 17.0. The first kappa shape index (κ1) is 24.6. The Hall–Kier alpha value is -3.67. The van der Waals surface area contributed by atoms with Crippen LogP contribution in [0.25, 0.3) is 0 Å². The summed E-state index contributed by atoms with van der Waals surface area (Å²) in [5, 5.41) is 14.8. The molecule has 0 aliphatic carbocycles. The number of amides is 2. The third kappa shape index (κ3) is 6.67. The van der Waals surface area contributed by atoms with Crippen LogP contribution in [0.3, 0.4) is 0 Å². The zero-order valence-electron chi connectivity index (χ0n) is 16.2. The molecule has 0 unspecified atom stereocenters. The van der Waals surface area contributed by atoms with E-state index in [1.807, 2.05) is 5.32 Å². The fourth-order valence-electron chi connectivity index (χ4n) is 2.41. The van der Waals surface area contributed by atoms with Crippen LogP contribution < -0.4 is 10.6 Å². The Balaban J connectivity index is 1.93. The largest absolute Gasteiger partial charge is 0.454 e. The van der Waals surface area contributed by atoms with Gasteiger partial charge in [-0.05, 0) is 31.2 Å². The molecular weight excluding hydrogens is 459 g/mol. The lowest BCUT2D eigenvalue weighted by molar-refractivity contribution is -0.384. The van der Waals surface area contributed by atoms with Crippen LogP contribution in [0.15, 0.2) is 42.5 Å². The highest BCUT2D eigenvalue weighted by atomic mass is 35.5. The highest BCUT2D eigenvalue weighted by Gasteiger charge is 2.34. The molecule has 0 fully saturated rings. The van der Waals surface area contributed by atoms with E-state index in [4.69, 9.17) is 16.3 Å². The van der Waals surface area contributed by atoms with Gasteiger partial charge in [0.1, 0.15) is 6.04 Å². The van der Waals surface area contributed by atoms with Gasteiger partial charge < -0.3 is 15.4 Å². The van der Waals surface area contributed by atoms with E-state index in [9.17, 15) is 37.7 Å². The van der Waals surface area contributed by atoms with Crippen LogP contribution in [0.1, 0.15) is 22.8 Å². The molecule has 13 heteroatoms.